The second kappa shape index (κ2) is 4.40. The molecule has 1 aliphatic rings. The van der Waals surface area contributed by atoms with Crippen molar-refractivity contribution in [2.45, 2.75) is 18.9 Å². The molecule has 6 nitrogen and oxygen atoms in total. The summed E-state index contributed by atoms with van der Waals surface area (Å²) in [4.78, 5) is 22.0. The van der Waals surface area contributed by atoms with Gasteiger partial charge in [0, 0.05) is 24.7 Å². The van der Waals surface area contributed by atoms with E-state index in [1.54, 1.807) is 7.05 Å². The lowest BCUT2D eigenvalue weighted by Crippen LogP contribution is -2.25. The quantitative estimate of drug-likeness (QED) is 0.612. The Morgan fingerprint density at radius 1 is 1.47 bits per heavy atom. The van der Waals surface area contributed by atoms with Gasteiger partial charge in [-0.05, 0) is 25.0 Å². The van der Waals surface area contributed by atoms with Gasteiger partial charge in [-0.1, -0.05) is 0 Å². The first-order valence-corrected chi connectivity index (χ1v) is 5.39. The number of hydrogen-bond acceptors (Lipinski definition) is 4. The maximum Gasteiger partial charge on any atom is 0.292 e. The van der Waals surface area contributed by atoms with Crippen molar-refractivity contribution >= 4 is 17.3 Å². The van der Waals surface area contributed by atoms with Gasteiger partial charge in [-0.25, -0.2) is 0 Å². The van der Waals surface area contributed by atoms with E-state index >= 15 is 0 Å². The second-order valence-corrected chi connectivity index (χ2v) is 3.99. The Kier molecular flexibility index (Phi) is 2.95. The Balaban J connectivity index is 2.23. The maximum absolute atomic E-state index is 11.7. The Morgan fingerprint density at radius 3 is 2.71 bits per heavy atom. The highest BCUT2D eigenvalue weighted by atomic mass is 16.6. The van der Waals surface area contributed by atoms with Crippen LogP contribution in [0.4, 0.5) is 11.4 Å². The van der Waals surface area contributed by atoms with Crippen molar-refractivity contribution in [2.24, 2.45) is 0 Å². The van der Waals surface area contributed by atoms with Gasteiger partial charge < -0.3 is 10.6 Å². The van der Waals surface area contributed by atoms with Gasteiger partial charge in [0.05, 0.1) is 4.92 Å². The monoisotopic (exact) mass is 235 g/mol. The number of nitrogens with zero attached hydrogens (tertiary/aromatic N) is 1. The molecule has 0 spiro atoms. The van der Waals surface area contributed by atoms with Crippen molar-refractivity contribution in [3.05, 3.63) is 33.9 Å². The van der Waals surface area contributed by atoms with Crippen LogP contribution in [0.2, 0.25) is 0 Å². The van der Waals surface area contributed by atoms with Gasteiger partial charge in [-0.3, -0.25) is 14.9 Å². The molecular formula is C11H13N3O3. The van der Waals surface area contributed by atoms with Crippen molar-refractivity contribution in [2.75, 3.05) is 12.4 Å². The van der Waals surface area contributed by atoms with Gasteiger partial charge in [-0.2, -0.15) is 0 Å². The fourth-order valence-electron chi connectivity index (χ4n) is 1.53. The van der Waals surface area contributed by atoms with E-state index in [1.807, 2.05) is 0 Å². The molecule has 0 bridgehead atoms. The van der Waals surface area contributed by atoms with E-state index in [2.05, 4.69) is 10.6 Å². The Hall–Kier alpha value is -2.11. The third-order valence-corrected chi connectivity index (χ3v) is 2.64. The number of amides is 1. The van der Waals surface area contributed by atoms with E-state index < -0.39 is 4.92 Å². The lowest BCUT2D eigenvalue weighted by Gasteiger charge is -2.06. The lowest BCUT2D eigenvalue weighted by atomic mass is 10.1. The molecule has 1 fully saturated rings. The highest BCUT2D eigenvalue weighted by Crippen LogP contribution is 2.25. The van der Waals surface area contributed by atoms with Crippen LogP contribution in [0.5, 0.6) is 0 Å². The molecule has 1 aromatic carbocycles. The van der Waals surface area contributed by atoms with Crippen molar-refractivity contribution in [1.29, 1.82) is 0 Å². The first-order valence-electron chi connectivity index (χ1n) is 5.39. The summed E-state index contributed by atoms with van der Waals surface area (Å²) < 4.78 is 0. The van der Waals surface area contributed by atoms with E-state index in [0.29, 0.717) is 11.3 Å². The minimum absolute atomic E-state index is 0.0320. The zero-order valence-electron chi connectivity index (χ0n) is 9.40. The van der Waals surface area contributed by atoms with Crippen LogP contribution in [-0.2, 0) is 0 Å². The molecule has 0 saturated heterocycles. The van der Waals surface area contributed by atoms with Crippen LogP contribution in [0.15, 0.2) is 18.2 Å². The Labute approximate surface area is 98.2 Å². The number of benzene rings is 1. The van der Waals surface area contributed by atoms with Crippen molar-refractivity contribution < 1.29 is 9.72 Å². The standard InChI is InChI=1S/C11H13N3O3/c1-12-9-6-7(2-5-10(9)14(16)17)11(15)13-8-3-4-8/h2,5-6,8,12H,3-4H2,1H3,(H,13,15). The number of nitro benzene ring substituents is 1. The summed E-state index contributed by atoms with van der Waals surface area (Å²) in [5.74, 6) is -0.182. The normalized spacial score (nSPS) is 14.2. The molecule has 1 aromatic rings. The lowest BCUT2D eigenvalue weighted by molar-refractivity contribution is -0.383. The predicted molar refractivity (Wildman–Crippen MR) is 63.1 cm³/mol. The third-order valence-electron chi connectivity index (χ3n) is 2.64. The molecule has 0 unspecified atom stereocenters. The molecule has 0 atom stereocenters. The highest BCUT2D eigenvalue weighted by Gasteiger charge is 2.24. The number of nitrogens with one attached hydrogen (secondary N) is 2. The van der Waals surface area contributed by atoms with E-state index in [1.165, 1.54) is 18.2 Å². The van der Waals surface area contributed by atoms with E-state index in [0.717, 1.165) is 12.8 Å². The minimum Gasteiger partial charge on any atom is -0.383 e. The number of carbonyl (C=O) groups is 1. The molecular weight excluding hydrogens is 222 g/mol. The molecule has 6 heteroatoms. The summed E-state index contributed by atoms with van der Waals surface area (Å²) in [5.41, 5.74) is 0.751. The fourth-order valence-corrected chi connectivity index (χ4v) is 1.53. The summed E-state index contributed by atoms with van der Waals surface area (Å²) >= 11 is 0. The fraction of sp³-hybridized carbons (Fsp3) is 0.364. The van der Waals surface area contributed by atoms with Crippen molar-refractivity contribution in [3.63, 3.8) is 0 Å². The Morgan fingerprint density at radius 2 is 2.18 bits per heavy atom. The van der Waals surface area contributed by atoms with Gasteiger partial charge in [-0.15, -0.1) is 0 Å². The SMILES string of the molecule is CNc1cc(C(=O)NC2CC2)ccc1[N+](=O)[O-]. The van der Waals surface area contributed by atoms with Crippen LogP contribution in [0.25, 0.3) is 0 Å². The first kappa shape index (κ1) is 11.4. The smallest absolute Gasteiger partial charge is 0.292 e. The summed E-state index contributed by atoms with van der Waals surface area (Å²) in [6, 6.07) is 4.58. The van der Waals surface area contributed by atoms with Crippen LogP contribution in [-0.4, -0.2) is 23.9 Å². The number of anilines is 1. The summed E-state index contributed by atoms with van der Waals surface area (Å²) in [6.07, 6.45) is 2.02. The summed E-state index contributed by atoms with van der Waals surface area (Å²) in [6.45, 7) is 0. The largest absolute Gasteiger partial charge is 0.383 e. The van der Waals surface area contributed by atoms with Crippen LogP contribution < -0.4 is 10.6 Å². The first-order chi connectivity index (χ1) is 8.11. The van der Waals surface area contributed by atoms with E-state index in [4.69, 9.17) is 0 Å². The van der Waals surface area contributed by atoms with Crippen LogP contribution in [0.1, 0.15) is 23.2 Å². The van der Waals surface area contributed by atoms with Gasteiger partial charge in [0.2, 0.25) is 0 Å². The van der Waals surface area contributed by atoms with Crippen molar-refractivity contribution in [3.8, 4) is 0 Å². The predicted octanol–water partition coefficient (Wildman–Crippen LogP) is 1.53. The molecule has 0 aliphatic heterocycles. The van der Waals surface area contributed by atoms with Gasteiger partial charge in [0.15, 0.2) is 0 Å². The molecule has 17 heavy (non-hydrogen) atoms. The second-order valence-electron chi connectivity index (χ2n) is 3.99. The van der Waals surface area contributed by atoms with E-state index in [9.17, 15) is 14.9 Å². The molecule has 0 heterocycles. The van der Waals surface area contributed by atoms with Gasteiger partial charge in [0.25, 0.3) is 11.6 Å². The van der Waals surface area contributed by atoms with Crippen LogP contribution >= 0.6 is 0 Å². The molecule has 1 aliphatic carbocycles. The van der Waals surface area contributed by atoms with Crippen molar-refractivity contribution in [1.82, 2.24) is 5.32 Å². The number of hydrogen-bond donors (Lipinski definition) is 2. The average molecular weight is 235 g/mol. The zero-order valence-corrected chi connectivity index (χ0v) is 9.40. The molecule has 2 N–H and O–H groups in total. The van der Waals surface area contributed by atoms with Gasteiger partial charge >= 0.3 is 0 Å². The maximum atomic E-state index is 11.7. The summed E-state index contributed by atoms with van der Waals surface area (Å²) in [7, 11) is 1.59. The molecule has 90 valence electrons. The molecule has 1 saturated carbocycles. The topological polar surface area (TPSA) is 84.3 Å². The number of nitro groups is 1. The van der Waals surface area contributed by atoms with Crippen LogP contribution in [0, 0.1) is 10.1 Å². The minimum atomic E-state index is -0.478. The third kappa shape index (κ3) is 2.52. The molecule has 2 rings (SSSR count). The Bertz CT molecular complexity index is 469. The molecule has 1 amide bonds. The highest BCUT2D eigenvalue weighted by molar-refractivity contribution is 5.96. The molecule has 0 radical (unpaired) electrons. The molecule has 0 aromatic heterocycles. The van der Waals surface area contributed by atoms with Gasteiger partial charge in [0.1, 0.15) is 5.69 Å². The average Bonchev–Trinajstić information content (AvgIpc) is 3.11. The number of carbonyl (C=O) groups excluding carboxylic acids is 1. The van der Waals surface area contributed by atoms with E-state index in [-0.39, 0.29) is 17.6 Å². The number of rotatable bonds is 4. The van der Waals surface area contributed by atoms with Crippen LogP contribution in [0.3, 0.4) is 0 Å². The zero-order chi connectivity index (χ0) is 12.4. The summed E-state index contributed by atoms with van der Waals surface area (Å²) in [5, 5.41) is 16.3.